The molecule has 0 rings (SSSR count). The van der Waals surface area contributed by atoms with Crippen LogP contribution >= 0.6 is 0 Å². The highest BCUT2D eigenvalue weighted by atomic mass is 16.5. The Morgan fingerprint density at radius 3 is 2.19 bits per heavy atom. The average Bonchev–Trinajstić information content (AvgIpc) is 2.79. The van der Waals surface area contributed by atoms with Gasteiger partial charge in [0, 0.05) is 12.3 Å². The number of ketones is 1. The number of hydrogen-bond acceptors (Lipinski definition) is 4. The van der Waals surface area contributed by atoms with Crippen LogP contribution in [0.1, 0.15) is 125 Å². The molecule has 0 bridgehead atoms. The maximum atomic E-state index is 12.1. The van der Waals surface area contributed by atoms with Gasteiger partial charge in [-0.15, -0.1) is 0 Å². The Labute approximate surface area is 198 Å². The Kier molecular flexibility index (Phi) is 18.6. The fourth-order valence-corrected chi connectivity index (χ4v) is 3.72. The zero-order valence-electron chi connectivity index (χ0n) is 22.0. The number of aliphatic hydroxyl groups excluding tert-OH is 1. The smallest absolute Gasteiger partial charge is 0.308 e. The van der Waals surface area contributed by atoms with Crippen molar-refractivity contribution in [1.29, 1.82) is 0 Å². The van der Waals surface area contributed by atoms with Crippen LogP contribution in [-0.4, -0.2) is 29.6 Å². The van der Waals surface area contributed by atoms with E-state index in [4.69, 9.17) is 4.74 Å². The predicted molar refractivity (Wildman–Crippen MR) is 135 cm³/mol. The van der Waals surface area contributed by atoms with E-state index in [1.165, 1.54) is 31.3 Å². The van der Waals surface area contributed by atoms with Crippen molar-refractivity contribution in [2.24, 2.45) is 17.8 Å². The molecule has 0 spiro atoms. The highest BCUT2D eigenvalue weighted by Crippen LogP contribution is 2.21. The third-order valence-corrected chi connectivity index (χ3v) is 6.75. The van der Waals surface area contributed by atoms with Crippen LogP contribution in [0.3, 0.4) is 0 Å². The van der Waals surface area contributed by atoms with E-state index in [2.05, 4.69) is 13.8 Å². The maximum absolute atomic E-state index is 12.1. The Morgan fingerprint density at radius 1 is 0.875 bits per heavy atom. The molecule has 1 N–H and O–H groups in total. The second-order valence-electron chi connectivity index (χ2n) is 9.88. The van der Waals surface area contributed by atoms with Crippen molar-refractivity contribution < 1.29 is 19.4 Å². The van der Waals surface area contributed by atoms with Gasteiger partial charge in [-0.1, -0.05) is 84.8 Å². The van der Waals surface area contributed by atoms with Crippen molar-refractivity contribution in [1.82, 2.24) is 0 Å². The van der Waals surface area contributed by atoms with Gasteiger partial charge < -0.3 is 9.84 Å². The van der Waals surface area contributed by atoms with Gasteiger partial charge in [-0.3, -0.25) is 9.59 Å². The number of Topliss-reactive ketones (excluding diaryl/α,β-unsaturated/α-hetero) is 1. The zero-order chi connectivity index (χ0) is 24.4. The minimum Gasteiger partial charge on any atom is -0.465 e. The zero-order valence-corrected chi connectivity index (χ0v) is 22.0. The predicted octanol–water partition coefficient (Wildman–Crippen LogP) is 7.43. The Bertz CT molecular complexity index is 526. The van der Waals surface area contributed by atoms with E-state index in [1.807, 2.05) is 33.8 Å². The summed E-state index contributed by atoms with van der Waals surface area (Å²) in [7, 11) is 0. The molecule has 4 nitrogen and oxygen atoms in total. The molecule has 0 radical (unpaired) electrons. The number of hydrogen-bond donors (Lipinski definition) is 1. The van der Waals surface area contributed by atoms with Crippen LogP contribution < -0.4 is 0 Å². The summed E-state index contributed by atoms with van der Waals surface area (Å²) >= 11 is 0. The van der Waals surface area contributed by atoms with E-state index in [1.54, 1.807) is 0 Å². The molecular formula is C28H52O4. The second-order valence-corrected chi connectivity index (χ2v) is 9.88. The van der Waals surface area contributed by atoms with Crippen molar-refractivity contribution in [3.8, 4) is 0 Å². The molecule has 0 saturated carbocycles. The van der Waals surface area contributed by atoms with Crippen molar-refractivity contribution >= 4 is 11.8 Å². The molecule has 0 aliphatic carbocycles. The lowest BCUT2D eigenvalue weighted by molar-refractivity contribution is -0.148. The highest BCUT2D eigenvalue weighted by Gasteiger charge is 2.18. The average molecular weight is 453 g/mol. The van der Waals surface area contributed by atoms with E-state index >= 15 is 0 Å². The monoisotopic (exact) mass is 452 g/mol. The molecule has 0 saturated heterocycles. The number of carbonyl (C=O) groups excluding carboxylic acids is 2. The second kappa shape index (κ2) is 19.3. The molecule has 4 heteroatoms. The molecular weight excluding hydrogens is 400 g/mol. The lowest BCUT2D eigenvalue weighted by atomic mass is 9.91. The SMILES string of the molecule is CCCCCCCCOC(=O)C(C)CCCC(C)C(O)CCC(C)=CCC(=O)C(C)CC. The fourth-order valence-electron chi connectivity index (χ4n) is 3.72. The summed E-state index contributed by atoms with van der Waals surface area (Å²) in [5.41, 5.74) is 1.18. The van der Waals surface area contributed by atoms with Crippen molar-refractivity contribution in [2.45, 2.75) is 131 Å². The lowest BCUT2D eigenvalue weighted by Gasteiger charge is -2.20. The van der Waals surface area contributed by atoms with E-state index < -0.39 is 0 Å². The third-order valence-electron chi connectivity index (χ3n) is 6.75. The minimum atomic E-state index is -0.349. The van der Waals surface area contributed by atoms with Crippen LogP contribution in [0.25, 0.3) is 0 Å². The van der Waals surface area contributed by atoms with E-state index in [9.17, 15) is 14.7 Å². The molecule has 0 amide bonds. The van der Waals surface area contributed by atoms with Crippen LogP contribution in [0, 0.1) is 17.8 Å². The fraction of sp³-hybridized carbons (Fsp3) is 0.857. The summed E-state index contributed by atoms with van der Waals surface area (Å²) < 4.78 is 5.42. The largest absolute Gasteiger partial charge is 0.465 e. The summed E-state index contributed by atoms with van der Waals surface area (Å²) in [6, 6.07) is 0. The van der Waals surface area contributed by atoms with E-state index in [-0.39, 0.29) is 29.8 Å². The summed E-state index contributed by atoms with van der Waals surface area (Å²) in [6.07, 6.45) is 14.4. The Hall–Kier alpha value is -1.16. The van der Waals surface area contributed by atoms with Crippen molar-refractivity contribution in [3.05, 3.63) is 11.6 Å². The number of aliphatic hydroxyl groups is 1. The van der Waals surface area contributed by atoms with Crippen LogP contribution in [0.4, 0.5) is 0 Å². The van der Waals surface area contributed by atoms with Gasteiger partial charge >= 0.3 is 5.97 Å². The van der Waals surface area contributed by atoms with Crippen molar-refractivity contribution in [3.63, 3.8) is 0 Å². The summed E-state index contributed by atoms with van der Waals surface area (Å²) in [6.45, 7) is 12.8. The molecule has 32 heavy (non-hydrogen) atoms. The molecule has 0 aliphatic rings. The van der Waals surface area contributed by atoms with Gasteiger partial charge in [0.05, 0.1) is 18.6 Å². The first-order chi connectivity index (χ1) is 15.2. The first-order valence-electron chi connectivity index (χ1n) is 13.3. The summed E-state index contributed by atoms with van der Waals surface area (Å²) in [5.74, 6) is 0.461. The molecule has 0 heterocycles. The topological polar surface area (TPSA) is 63.6 Å². The van der Waals surface area contributed by atoms with E-state index in [0.717, 1.165) is 51.4 Å². The Morgan fingerprint density at radius 2 is 1.53 bits per heavy atom. The van der Waals surface area contributed by atoms with Crippen LogP contribution in [0.5, 0.6) is 0 Å². The number of ether oxygens (including phenoxy) is 1. The van der Waals surface area contributed by atoms with Crippen LogP contribution in [-0.2, 0) is 14.3 Å². The maximum Gasteiger partial charge on any atom is 0.308 e. The molecule has 188 valence electrons. The minimum absolute atomic E-state index is 0.0762. The number of esters is 1. The first kappa shape index (κ1) is 30.8. The molecule has 0 aromatic carbocycles. The standard InChI is InChI=1S/C28H52O4/c1-7-9-10-11-12-13-21-32-28(31)25(6)16-14-15-24(5)27(30)20-18-22(3)17-19-26(29)23(4)8-2/h17,23-25,27,30H,7-16,18-21H2,1-6H3. The number of rotatable bonds is 20. The van der Waals surface area contributed by atoms with Crippen LogP contribution in [0.15, 0.2) is 11.6 Å². The van der Waals surface area contributed by atoms with Crippen LogP contribution in [0.2, 0.25) is 0 Å². The van der Waals surface area contributed by atoms with Gasteiger partial charge in [0.2, 0.25) is 0 Å². The quantitative estimate of drug-likeness (QED) is 0.118. The Balaban J connectivity index is 3.97. The highest BCUT2D eigenvalue weighted by molar-refractivity contribution is 5.82. The van der Waals surface area contributed by atoms with E-state index in [0.29, 0.717) is 18.8 Å². The number of unbranched alkanes of at least 4 members (excludes halogenated alkanes) is 5. The summed E-state index contributed by atoms with van der Waals surface area (Å²) in [5, 5.41) is 10.5. The van der Waals surface area contributed by atoms with Gasteiger partial charge in [-0.25, -0.2) is 0 Å². The third kappa shape index (κ3) is 15.6. The molecule has 0 fully saturated rings. The molecule has 4 unspecified atom stereocenters. The molecule has 0 aromatic rings. The lowest BCUT2D eigenvalue weighted by Crippen LogP contribution is -2.19. The first-order valence-corrected chi connectivity index (χ1v) is 13.3. The molecule has 0 aliphatic heterocycles. The van der Waals surface area contributed by atoms with Gasteiger partial charge in [-0.2, -0.15) is 0 Å². The normalized spacial score (nSPS) is 15.8. The van der Waals surface area contributed by atoms with Gasteiger partial charge in [0.15, 0.2) is 0 Å². The van der Waals surface area contributed by atoms with Gasteiger partial charge in [0.25, 0.3) is 0 Å². The molecule has 0 aromatic heterocycles. The number of allylic oxidation sites excluding steroid dienone is 2. The number of carbonyl (C=O) groups is 2. The van der Waals surface area contributed by atoms with Gasteiger partial charge in [0.1, 0.15) is 5.78 Å². The summed E-state index contributed by atoms with van der Waals surface area (Å²) in [4.78, 5) is 24.1. The van der Waals surface area contributed by atoms with Crippen molar-refractivity contribution in [2.75, 3.05) is 6.61 Å². The molecule has 4 atom stereocenters. The van der Waals surface area contributed by atoms with Gasteiger partial charge in [-0.05, 0) is 51.4 Å².